The maximum atomic E-state index is 4.08. The number of rotatable bonds is 4. The normalized spacial score (nSPS) is 10.4. The molecule has 3 aromatic rings. The van der Waals surface area contributed by atoms with Crippen LogP contribution in [-0.4, -0.2) is 20.4 Å². The molecule has 0 spiro atoms. The van der Waals surface area contributed by atoms with E-state index in [1.165, 1.54) is 5.56 Å². The molecule has 0 amide bonds. The van der Waals surface area contributed by atoms with Crippen LogP contribution >= 0.6 is 0 Å². The number of H-pyrrole nitrogens is 1. The molecule has 0 saturated heterocycles. The second kappa shape index (κ2) is 5.52. The van der Waals surface area contributed by atoms with Crippen LogP contribution in [0, 0.1) is 6.92 Å². The van der Waals surface area contributed by atoms with Gasteiger partial charge in [-0.15, -0.1) is 5.10 Å². The van der Waals surface area contributed by atoms with Crippen molar-refractivity contribution in [2.75, 3.05) is 5.32 Å². The average Bonchev–Trinajstić information content (AvgIpc) is 3.01. The average molecular weight is 265 g/mol. The SMILES string of the molecule is Cc1ccc(NCc2ccc(-c3ccn[nH]3)cc2)nn1. The highest BCUT2D eigenvalue weighted by Gasteiger charge is 2.00. The number of hydrogen-bond donors (Lipinski definition) is 2. The van der Waals surface area contributed by atoms with Gasteiger partial charge in [-0.1, -0.05) is 24.3 Å². The predicted octanol–water partition coefficient (Wildman–Crippen LogP) is 2.79. The van der Waals surface area contributed by atoms with Crippen LogP contribution in [0.15, 0.2) is 48.7 Å². The second-order valence-corrected chi connectivity index (χ2v) is 4.58. The van der Waals surface area contributed by atoms with E-state index in [-0.39, 0.29) is 0 Å². The van der Waals surface area contributed by atoms with Gasteiger partial charge >= 0.3 is 0 Å². The Morgan fingerprint density at radius 1 is 1.00 bits per heavy atom. The summed E-state index contributed by atoms with van der Waals surface area (Å²) >= 11 is 0. The molecule has 1 aromatic carbocycles. The maximum Gasteiger partial charge on any atom is 0.148 e. The van der Waals surface area contributed by atoms with Gasteiger partial charge in [-0.05, 0) is 36.2 Å². The van der Waals surface area contributed by atoms with Crippen molar-refractivity contribution in [2.45, 2.75) is 13.5 Å². The Bertz CT molecular complexity index is 656. The molecular weight excluding hydrogens is 250 g/mol. The molecule has 100 valence electrons. The summed E-state index contributed by atoms with van der Waals surface area (Å²) in [5.74, 6) is 0.785. The van der Waals surface area contributed by atoms with E-state index in [9.17, 15) is 0 Å². The third kappa shape index (κ3) is 2.83. The van der Waals surface area contributed by atoms with Crippen molar-refractivity contribution in [1.29, 1.82) is 0 Å². The van der Waals surface area contributed by atoms with Gasteiger partial charge in [0, 0.05) is 12.7 Å². The number of aromatic nitrogens is 4. The molecule has 5 nitrogen and oxygen atoms in total. The van der Waals surface area contributed by atoms with E-state index in [2.05, 4.69) is 50.0 Å². The van der Waals surface area contributed by atoms with Crippen LogP contribution in [0.3, 0.4) is 0 Å². The minimum atomic E-state index is 0.723. The highest BCUT2D eigenvalue weighted by Crippen LogP contribution is 2.17. The van der Waals surface area contributed by atoms with E-state index < -0.39 is 0 Å². The summed E-state index contributed by atoms with van der Waals surface area (Å²) in [5.41, 5.74) is 4.25. The van der Waals surface area contributed by atoms with Crippen molar-refractivity contribution >= 4 is 5.82 Å². The van der Waals surface area contributed by atoms with Crippen molar-refractivity contribution < 1.29 is 0 Å². The van der Waals surface area contributed by atoms with E-state index >= 15 is 0 Å². The minimum Gasteiger partial charge on any atom is -0.365 e. The standard InChI is InChI=1S/C15H15N5/c1-11-2-7-15(20-18-11)16-10-12-3-5-13(6-4-12)14-8-9-17-19-14/h2-9H,10H2,1H3,(H,16,20)(H,17,19). The van der Waals surface area contributed by atoms with E-state index in [0.717, 1.165) is 29.3 Å². The Kier molecular flexibility index (Phi) is 3.41. The minimum absolute atomic E-state index is 0.723. The lowest BCUT2D eigenvalue weighted by Gasteiger charge is -2.06. The molecule has 0 radical (unpaired) electrons. The number of benzene rings is 1. The monoisotopic (exact) mass is 265 g/mol. The lowest BCUT2D eigenvalue weighted by atomic mass is 10.1. The molecular formula is C15H15N5. The quantitative estimate of drug-likeness (QED) is 0.761. The van der Waals surface area contributed by atoms with Crippen LogP contribution in [-0.2, 0) is 6.54 Å². The smallest absolute Gasteiger partial charge is 0.148 e. The summed E-state index contributed by atoms with van der Waals surface area (Å²) in [7, 11) is 0. The zero-order valence-corrected chi connectivity index (χ0v) is 11.2. The zero-order valence-electron chi connectivity index (χ0n) is 11.2. The molecule has 0 unspecified atom stereocenters. The summed E-state index contributed by atoms with van der Waals surface area (Å²) in [6.45, 7) is 2.64. The molecule has 0 bridgehead atoms. The second-order valence-electron chi connectivity index (χ2n) is 4.58. The number of hydrogen-bond acceptors (Lipinski definition) is 4. The first-order valence-corrected chi connectivity index (χ1v) is 6.44. The fourth-order valence-corrected chi connectivity index (χ4v) is 1.90. The summed E-state index contributed by atoms with van der Waals surface area (Å²) in [6, 6.07) is 14.2. The Morgan fingerprint density at radius 2 is 1.85 bits per heavy atom. The largest absolute Gasteiger partial charge is 0.365 e. The molecule has 0 atom stereocenters. The van der Waals surface area contributed by atoms with Gasteiger partial charge < -0.3 is 5.32 Å². The molecule has 0 aliphatic rings. The maximum absolute atomic E-state index is 4.08. The molecule has 0 aliphatic carbocycles. The van der Waals surface area contributed by atoms with Gasteiger partial charge in [0.15, 0.2) is 0 Å². The van der Waals surface area contributed by atoms with Gasteiger partial charge in [-0.25, -0.2) is 0 Å². The van der Waals surface area contributed by atoms with Crippen molar-refractivity contribution in [1.82, 2.24) is 20.4 Å². The van der Waals surface area contributed by atoms with Gasteiger partial charge in [0.25, 0.3) is 0 Å². The molecule has 3 rings (SSSR count). The Labute approximate surface area is 117 Å². The number of anilines is 1. The molecule has 2 aromatic heterocycles. The number of aromatic amines is 1. The Balaban J connectivity index is 1.65. The fourth-order valence-electron chi connectivity index (χ4n) is 1.90. The predicted molar refractivity (Wildman–Crippen MR) is 78.1 cm³/mol. The molecule has 20 heavy (non-hydrogen) atoms. The summed E-state index contributed by atoms with van der Waals surface area (Å²) in [5, 5.41) is 18.2. The topological polar surface area (TPSA) is 66.5 Å². The van der Waals surface area contributed by atoms with Crippen LogP contribution in [0.1, 0.15) is 11.3 Å². The van der Waals surface area contributed by atoms with E-state index in [1.807, 2.05) is 25.1 Å². The van der Waals surface area contributed by atoms with Crippen LogP contribution in [0.5, 0.6) is 0 Å². The molecule has 5 heteroatoms. The van der Waals surface area contributed by atoms with Crippen molar-refractivity contribution in [3.05, 3.63) is 59.9 Å². The van der Waals surface area contributed by atoms with E-state index in [4.69, 9.17) is 0 Å². The first-order valence-electron chi connectivity index (χ1n) is 6.44. The first kappa shape index (κ1) is 12.3. The third-order valence-electron chi connectivity index (χ3n) is 3.04. The van der Waals surface area contributed by atoms with E-state index in [0.29, 0.717) is 0 Å². The van der Waals surface area contributed by atoms with Gasteiger partial charge in [0.2, 0.25) is 0 Å². The highest BCUT2D eigenvalue weighted by molar-refractivity contribution is 5.58. The number of nitrogens with zero attached hydrogens (tertiary/aromatic N) is 3. The van der Waals surface area contributed by atoms with Crippen LogP contribution in [0.2, 0.25) is 0 Å². The van der Waals surface area contributed by atoms with Crippen LogP contribution < -0.4 is 5.32 Å². The summed E-state index contributed by atoms with van der Waals surface area (Å²) in [6.07, 6.45) is 1.75. The van der Waals surface area contributed by atoms with Crippen LogP contribution in [0.25, 0.3) is 11.3 Å². The van der Waals surface area contributed by atoms with Crippen molar-refractivity contribution in [3.8, 4) is 11.3 Å². The molecule has 0 aliphatic heterocycles. The summed E-state index contributed by atoms with van der Waals surface area (Å²) in [4.78, 5) is 0. The van der Waals surface area contributed by atoms with Gasteiger partial charge in [-0.2, -0.15) is 10.2 Å². The number of aryl methyl sites for hydroxylation is 1. The van der Waals surface area contributed by atoms with Gasteiger partial charge in [0.05, 0.1) is 11.4 Å². The molecule has 0 saturated carbocycles. The Hall–Kier alpha value is -2.69. The molecule has 2 heterocycles. The van der Waals surface area contributed by atoms with Crippen molar-refractivity contribution in [3.63, 3.8) is 0 Å². The lowest BCUT2D eigenvalue weighted by molar-refractivity contribution is 0.963. The number of nitrogens with one attached hydrogen (secondary N) is 2. The highest BCUT2D eigenvalue weighted by atomic mass is 15.2. The van der Waals surface area contributed by atoms with Gasteiger partial charge in [-0.3, -0.25) is 5.10 Å². The first-order chi connectivity index (χ1) is 9.81. The summed E-state index contributed by atoms with van der Waals surface area (Å²) < 4.78 is 0. The fraction of sp³-hybridized carbons (Fsp3) is 0.133. The Morgan fingerprint density at radius 3 is 2.50 bits per heavy atom. The van der Waals surface area contributed by atoms with Crippen LogP contribution in [0.4, 0.5) is 5.82 Å². The lowest BCUT2D eigenvalue weighted by Crippen LogP contribution is -2.02. The molecule has 2 N–H and O–H groups in total. The van der Waals surface area contributed by atoms with E-state index in [1.54, 1.807) is 6.20 Å². The van der Waals surface area contributed by atoms with Crippen molar-refractivity contribution in [2.24, 2.45) is 0 Å². The van der Waals surface area contributed by atoms with Gasteiger partial charge in [0.1, 0.15) is 5.82 Å². The third-order valence-corrected chi connectivity index (χ3v) is 3.04. The zero-order chi connectivity index (χ0) is 13.8. The molecule has 0 fully saturated rings.